The van der Waals surface area contributed by atoms with Crippen molar-refractivity contribution in [3.8, 4) is 17.0 Å². The van der Waals surface area contributed by atoms with Crippen LogP contribution in [0, 0.1) is 0 Å². The summed E-state index contributed by atoms with van der Waals surface area (Å²) >= 11 is 0. The predicted octanol–water partition coefficient (Wildman–Crippen LogP) is 1.64. The Balaban J connectivity index is 2.23. The molecule has 0 amide bonds. The lowest BCUT2D eigenvalue weighted by Crippen LogP contribution is -2.07. The van der Waals surface area contributed by atoms with Crippen molar-refractivity contribution >= 4 is 23.2 Å². The highest BCUT2D eigenvalue weighted by Crippen LogP contribution is 2.36. The van der Waals surface area contributed by atoms with Crippen molar-refractivity contribution in [2.24, 2.45) is 4.99 Å². The monoisotopic (exact) mass is 297 g/mol. The van der Waals surface area contributed by atoms with E-state index in [2.05, 4.69) is 29.9 Å². The molecule has 0 fully saturated rings. The number of H-pyrrole nitrogens is 1. The first-order valence-electron chi connectivity index (χ1n) is 6.57. The second-order valence-electron chi connectivity index (χ2n) is 4.78. The molecule has 8 nitrogen and oxygen atoms in total. The highest BCUT2D eigenvalue weighted by molar-refractivity contribution is 6.01. The van der Waals surface area contributed by atoms with Gasteiger partial charge < -0.3 is 14.6 Å². The van der Waals surface area contributed by atoms with Crippen molar-refractivity contribution in [2.75, 3.05) is 21.2 Å². The molecule has 112 valence electrons. The van der Waals surface area contributed by atoms with Gasteiger partial charge in [-0.1, -0.05) is 0 Å². The Kier molecular flexibility index (Phi) is 3.65. The fraction of sp³-hybridized carbons (Fsp3) is 0.214. The lowest BCUT2D eigenvalue weighted by atomic mass is 10.1. The van der Waals surface area contributed by atoms with Gasteiger partial charge in [0.05, 0.1) is 24.4 Å². The minimum atomic E-state index is 0.488. The second kappa shape index (κ2) is 5.76. The number of nitrogens with one attached hydrogen (secondary N) is 1. The summed E-state index contributed by atoms with van der Waals surface area (Å²) in [7, 11) is 5.37. The molecule has 0 radical (unpaired) electrons. The molecule has 0 aliphatic carbocycles. The van der Waals surface area contributed by atoms with Crippen LogP contribution in [0.1, 0.15) is 0 Å². The van der Waals surface area contributed by atoms with E-state index >= 15 is 0 Å². The summed E-state index contributed by atoms with van der Waals surface area (Å²) in [4.78, 5) is 26.0. The Morgan fingerprint density at radius 2 is 2.05 bits per heavy atom. The third-order valence-corrected chi connectivity index (χ3v) is 3.02. The molecule has 3 aromatic heterocycles. The van der Waals surface area contributed by atoms with Crippen LogP contribution in [0.2, 0.25) is 0 Å². The summed E-state index contributed by atoms with van der Waals surface area (Å²) < 4.78 is 5.30. The molecule has 0 saturated heterocycles. The molecule has 0 unspecified atom stereocenters. The summed E-state index contributed by atoms with van der Waals surface area (Å²) in [5, 5.41) is 0.800. The maximum absolute atomic E-state index is 5.30. The molecule has 3 heterocycles. The van der Waals surface area contributed by atoms with Gasteiger partial charge >= 0.3 is 0 Å². The number of hydrogen-bond acceptors (Lipinski definition) is 6. The number of aromatic nitrogens is 5. The van der Waals surface area contributed by atoms with Crippen LogP contribution in [0.5, 0.6) is 5.88 Å². The topological polar surface area (TPSA) is 92.2 Å². The van der Waals surface area contributed by atoms with Gasteiger partial charge in [0.2, 0.25) is 5.88 Å². The Labute approximate surface area is 126 Å². The van der Waals surface area contributed by atoms with E-state index < -0.39 is 0 Å². The smallest absolute Gasteiger partial charge is 0.224 e. The zero-order valence-corrected chi connectivity index (χ0v) is 12.5. The molecule has 8 heteroatoms. The van der Waals surface area contributed by atoms with Crippen molar-refractivity contribution in [2.45, 2.75) is 0 Å². The van der Waals surface area contributed by atoms with E-state index in [1.165, 1.54) is 12.7 Å². The first-order valence-corrected chi connectivity index (χ1v) is 6.57. The average molecular weight is 297 g/mol. The second-order valence-corrected chi connectivity index (χ2v) is 4.78. The molecule has 0 atom stereocenters. The number of aliphatic imine (C=N–C) groups is 1. The first kappa shape index (κ1) is 13.9. The SMILES string of the molecule is COc1ncncc1-c1c[nH]c2ncnc(/N=C/N(C)C)c12. The maximum atomic E-state index is 5.30. The van der Waals surface area contributed by atoms with Crippen LogP contribution in [0.15, 0.2) is 30.0 Å². The molecule has 0 aromatic carbocycles. The van der Waals surface area contributed by atoms with Gasteiger partial charge in [-0.05, 0) is 0 Å². The van der Waals surface area contributed by atoms with Crippen LogP contribution < -0.4 is 4.74 Å². The van der Waals surface area contributed by atoms with Crippen LogP contribution in [0.3, 0.4) is 0 Å². The standard InChI is InChI=1S/C14H15N7O/c1-21(2)8-20-13-11-9(5-16-12(11)17-7-18-13)10-4-15-6-19-14(10)22-3/h4-8H,1-3H3,(H,16,17,18)/b20-8+. The minimum Gasteiger partial charge on any atom is -0.480 e. The normalized spacial score (nSPS) is 11.2. The van der Waals surface area contributed by atoms with Crippen LogP contribution >= 0.6 is 0 Å². The maximum Gasteiger partial charge on any atom is 0.224 e. The van der Waals surface area contributed by atoms with Gasteiger partial charge in [0.15, 0.2) is 5.82 Å². The van der Waals surface area contributed by atoms with Gasteiger partial charge in [-0.3, -0.25) is 0 Å². The van der Waals surface area contributed by atoms with Crippen LogP contribution in [0.4, 0.5) is 5.82 Å². The molecule has 0 aliphatic heterocycles. The van der Waals surface area contributed by atoms with E-state index in [1.54, 1.807) is 19.6 Å². The zero-order valence-electron chi connectivity index (χ0n) is 12.5. The van der Waals surface area contributed by atoms with E-state index in [1.807, 2.05) is 25.2 Å². The predicted molar refractivity (Wildman–Crippen MR) is 83.3 cm³/mol. The average Bonchev–Trinajstić information content (AvgIpc) is 2.97. The third-order valence-electron chi connectivity index (χ3n) is 3.02. The van der Waals surface area contributed by atoms with E-state index in [0.29, 0.717) is 17.3 Å². The van der Waals surface area contributed by atoms with Crippen molar-refractivity contribution in [1.29, 1.82) is 0 Å². The molecule has 0 spiro atoms. The number of fused-ring (bicyclic) bond motifs is 1. The molecule has 0 aliphatic rings. The minimum absolute atomic E-state index is 0.488. The lowest BCUT2D eigenvalue weighted by Gasteiger charge is -2.06. The number of rotatable bonds is 4. The molecular formula is C14H15N7O. The van der Waals surface area contributed by atoms with E-state index in [4.69, 9.17) is 4.74 Å². The Bertz CT molecular complexity index is 825. The molecule has 0 bridgehead atoms. The molecule has 1 N–H and O–H groups in total. The van der Waals surface area contributed by atoms with Crippen molar-refractivity contribution < 1.29 is 4.74 Å². The van der Waals surface area contributed by atoms with Gasteiger partial charge in [-0.25, -0.2) is 24.9 Å². The summed E-state index contributed by atoms with van der Waals surface area (Å²) in [6, 6.07) is 0. The lowest BCUT2D eigenvalue weighted by molar-refractivity contribution is 0.398. The third kappa shape index (κ3) is 2.46. The van der Waals surface area contributed by atoms with Gasteiger partial charge in [-0.15, -0.1) is 0 Å². The Morgan fingerprint density at radius 1 is 1.18 bits per heavy atom. The highest BCUT2D eigenvalue weighted by atomic mass is 16.5. The fourth-order valence-electron chi connectivity index (χ4n) is 2.09. The van der Waals surface area contributed by atoms with E-state index in [0.717, 1.165) is 16.5 Å². The number of ether oxygens (including phenoxy) is 1. The largest absolute Gasteiger partial charge is 0.480 e. The summed E-state index contributed by atoms with van der Waals surface area (Å²) in [5.41, 5.74) is 2.30. The molecule has 3 rings (SSSR count). The van der Waals surface area contributed by atoms with Crippen molar-refractivity contribution in [3.63, 3.8) is 0 Å². The number of methoxy groups -OCH3 is 1. The highest BCUT2D eigenvalue weighted by Gasteiger charge is 2.16. The van der Waals surface area contributed by atoms with Crippen LogP contribution in [0.25, 0.3) is 22.2 Å². The fourth-order valence-corrected chi connectivity index (χ4v) is 2.09. The molecule has 0 saturated carbocycles. The summed E-state index contributed by atoms with van der Waals surface area (Å²) in [6.45, 7) is 0. The van der Waals surface area contributed by atoms with E-state index in [9.17, 15) is 0 Å². The van der Waals surface area contributed by atoms with Crippen molar-refractivity contribution in [1.82, 2.24) is 29.8 Å². The number of hydrogen-bond donors (Lipinski definition) is 1. The van der Waals surface area contributed by atoms with Crippen LogP contribution in [-0.4, -0.2) is 57.4 Å². The van der Waals surface area contributed by atoms with E-state index in [-0.39, 0.29) is 0 Å². The molecule has 22 heavy (non-hydrogen) atoms. The summed E-state index contributed by atoms with van der Waals surface area (Å²) in [5.74, 6) is 1.06. The zero-order chi connectivity index (χ0) is 15.5. The van der Waals surface area contributed by atoms with Gasteiger partial charge in [0.25, 0.3) is 0 Å². The Hall–Kier alpha value is -3.03. The number of aromatic amines is 1. The van der Waals surface area contributed by atoms with Crippen LogP contribution in [-0.2, 0) is 0 Å². The molecular weight excluding hydrogens is 282 g/mol. The first-order chi connectivity index (χ1) is 10.7. The van der Waals surface area contributed by atoms with Gasteiger partial charge in [0.1, 0.15) is 18.3 Å². The Morgan fingerprint density at radius 3 is 2.82 bits per heavy atom. The number of nitrogens with zero attached hydrogens (tertiary/aromatic N) is 6. The van der Waals surface area contributed by atoms with Crippen molar-refractivity contribution in [3.05, 3.63) is 25.0 Å². The quantitative estimate of drug-likeness (QED) is 0.581. The summed E-state index contributed by atoms with van der Waals surface area (Å²) in [6.07, 6.45) is 8.13. The van der Waals surface area contributed by atoms with Gasteiger partial charge in [-0.2, -0.15) is 0 Å². The molecule has 3 aromatic rings. The van der Waals surface area contributed by atoms with Gasteiger partial charge in [0, 0.05) is 32.1 Å².